The van der Waals surface area contributed by atoms with Crippen LogP contribution in [-0.2, 0) is 28.6 Å². The maximum absolute atomic E-state index is 12.8. The zero-order chi connectivity index (χ0) is 50.0. The first kappa shape index (κ1) is 65.3. The van der Waals surface area contributed by atoms with Crippen molar-refractivity contribution in [2.24, 2.45) is 0 Å². The third kappa shape index (κ3) is 55.1. The fourth-order valence-electron chi connectivity index (χ4n) is 7.84. The molecule has 394 valence electrons. The molecule has 69 heavy (non-hydrogen) atoms. The number of carbonyl (C=O) groups is 3. The molecule has 0 saturated carbocycles. The van der Waals surface area contributed by atoms with Gasteiger partial charge in [0.1, 0.15) is 13.2 Å². The van der Waals surface area contributed by atoms with E-state index in [2.05, 4.69) is 118 Å². The van der Waals surface area contributed by atoms with E-state index in [1.54, 1.807) is 0 Å². The van der Waals surface area contributed by atoms with Crippen LogP contribution in [0.2, 0.25) is 0 Å². The molecule has 0 amide bonds. The van der Waals surface area contributed by atoms with Crippen molar-refractivity contribution in [1.29, 1.82) is 0 Å². The van der Waals surface area contributed by atoms with Gasteiger partial charge in [-0.3, -0.25) is 14.4 Å². The lowest BCUT2D eigenvalue weighted by molar-refractivity contribution is -0.167. The van der Waals surface area contributed by atoms with Crippen molar-refractivity contribution in [1.82, 2.24) is 0 Å². The van der Waals surface area contributed by atoms with Crippen LogP contribution < -0.4 is 0 Å². The summed E-state index contributed by atoms with van der Waals surface area (Å²) in [5, 5.41) is 0. The van der Waals surface area contributed by atoms with E-state index in [-0.39, 0.29) is 31.1 Å². The van der Waals surface area contributed by atoms with E-state index in [1.807, 2.05) is 0 Å². The van der Waals surface area contributed by atoms with Gasteiger partial charge in [-0.25, -0.2) is 0 Å². The van der Waals surface area contributed by atoms with Crippen molar-refractivity contribution in [3.8, 4) is 0 Å². The van der Waals surface area contributed by atoms with Crippen LogP contribution in [0.15, 0.2) is 97.2 Å². The number of esters is 3. The highest BCUT2D eigenvalue weighted by Crippen LogP contribution is 2.15. The minimum absolute atomic E-state index is 0.0837. The first-order valence-electron chi connectivity index (χ1n) is 28.7. The van der Waals surface area contributed by atoms with Crippen LogP contribution >= 0.6 is 0 Å². The molecule has 0 aromatic rings. The predicted molar refractivity (Wildman–Crippen MR) is 297 cm³/mol. The monoisotopic (exact) mass is 959 g/mol. The fraction of sp³-hybridized carbons (Fsp3) is 0.698. The molecular formula is C63H106O6. The molecule has 1 atom stereocenters. The van der Waals surface area contributed by atoms with Crippen LogP contribution in [0, 0.1) is 0 Å². The molecule has 1 unspecified atom stereocenters. The Morgan fingerprint density at radius 2 is 0.565 bits per heavy atom. The van der Waals surface area contributed by atoms with Crippen LogP contribution in [0.3, 0.4) is 0 Å². The molecule has 0 bridgehead atoms. The van der Waals surface area contributed by atoms with Crippen molar-refractivity contribution >= 4 is 17.9 Å². The molecule has 0 radical (unpaired) electrons. The molecule has 0 fully saturated rings. The minimum Gasteiger partial charge on any atom is -0.462 e. The summed E-state index contributed by atoms with van der Waals surface area (Å²) in [6, 6.07) is 0. The Kier molecular flexibility index (Phi) is 53.9. The summed E-state index contributed by atoms with van der Waals surface area (Å²) >= 11 is 0. The van der Waals surface area contributed by atoms with Gasteiger partial charge in [0.05, 0.1) is 0 Å². The first-order valence-corrected chi connectivity index (χ1v) is 28.7. The van der Waals surface area contributed by atoms with E-state index < -0.39 is 6.10 Å². The maximum atomic E-state index is 12.8. The lowest BCUT2D eigenvalue weighted by Gasteiger charge is -2.18. The second-order valence-corrected chi connectivity index (χ2v) is 18.8. The highest BCUT2D eigenvalue weighted by Gasteiger charge is 2.19. The van der Waals surface area contributed by atoms with Gasteiger partial charge in [-0.1, -0.05) is 246 Å². The topological polar surface area (TPSA) is 78.9 Å². The average molecular weight is 960 g/mol. The average Bonchev–Trinajstić information content (AvgIpc) is 3.35. The van der Waals surface area contributed by atoms with Gasteiger partial charge in [-0.15, -0.1) is 0 Å². The molecule has 6 nitrogen and oxygen atoms in total. The Balaban J connectivity index is 4.22. The highest BCUT2D eigenvalue weighted by atomic mass is 16.6. The summed E-state index contributed by atoms with van der Waals surface area (Å²) in [6.45, 7) is 6.38. The Labute approximate surface area is 426 Å². The lowest BCUT2D eigenvalue weighted by Crippen LogP contribution is -2.30. The molecule has 6 heteroatoms. The molecule has 0 heterocycles. The standard InChI is InChI=1S/C63H106O6/c1-4-7-10-13-16-19-21-23-25-26-27-28-29-30-31-32-33-34-35-36-38-39-41-44-47-50-53-56-62(65)68-59-60(58-67-61(64)55-52-49-46-43-18-15-12-9-6-3)69-63(66)57-54-51-48-45-42-40-37-24-22-20-17-14-11-8-5-2/h7-8,10-11,16-17,19-20,23-25,27-28,30-31,37,60H,4-6,9,12-15,18,21-22,26,29,32-36,38-59H2,1-3H3/b10-7-,11-8-,19-16-,20-17-,25-23-,28-27-,31-30-,37-24-. The number of ether oxygens (including phenoxy) is 3. The first-order chi connectivity index (χ1) is 34.0. The van der Waals surface area contributed by atoms with Gasteiger partial charge >= 0.3 is 17.9 Å². The van der Waals surface area contributed by atoms with E-state index in [9.17, 15) is 14.4 Å². The summed E-state index contributed by atoms with van der Waals surface area (Å²) in [6.07, 6.45) is 75.5. The molecule has 0 rings (SSSR count). The minimum atomic E-state index is -0.785. The number of allylic oxidation sites excluding steroid dienone is 16. The van der Waals surface area contributed by atoms with E-state index >= 15 is 0 Å². The summed E-state index contributed by atoms with van der Waals surface area (Å²) in [4.78, 5) is 38.0. The van der Waals surface area contributed by atoms with E-state index in [4.69, 9.17) is 14.2 Å². The largest absolute Gasteiger partial charge is 0.462 e. The number of carbonyl (C=O) groups excluding carboxylic acids is 3. The fourth-order valence-corrected chi connectivity index (χ4v) is 7.84. The molecule has 0 aliphatic carbocycles. The van der Waals surface area contributed by atoms with Gasteiger partial charge in [-0.2, -0.15) is 0 Å². The van der Waals surface area contributed by atoms with Crippen LogP contribution in [0.1, 0.15) is 265 Å². The summed E-state index contributed by atoms with van der Waals surface area (Å²) in [5.74, 6) is -0.904. The van der Waals surface area contributed by atoms with Gasteiger partial charge in [0.15, 0.2) is 6.10 Å². The molecule has 0 aromatic heterocycles. The second kappa shape index (κ2) is 56.9. The van der Waals surface area contributed by atoms with E-state index in [0.29, 0.717) is 19.3 Å². The summed E-state index contributed by atoms with van der Waals surface area (Å²) < 4.78 is 16.8. The van der Waals surface area contributed by atoms with Crippen molar-refractivity contribution < 1.29 is 28.6 Å². The molecular weight excluding hydrogens is 853 g/mol. The molecule has 0 saturated heterocycles. The second-order valence-electron chi connectivity index (χ2n) is 18.8. The van der Waals surface area contributed by atoms with Crippen LogP contribution in [0.4, 0.5) is 0 Å². The zero-order valence-electron chi connectivity index (χ0n) is 45.0. The van der Waals surface area contributed by atoms with Gasteiger partial charge in [0.2, 0.25) is 0 Å². The molecule has 0 aromatic carbocycles. The normalized spacial score (nSPS) is 12.8. The van der Waals surface area contributed by atoms with Gasteiger partial charge in [0.25, 0.3) is 0 Å². The van der Waals surface area contributed by atoms with Crippen molar-refractivity contribution in [2.45, 2.75) is 271 Å². The number of unbranched alkanes of at least 4 members (excludes halogenated alkanes) is 24. The Morgan fingerprint density at radius 3 is 0.884 bits per heavy atom. The Hall–Kier alpha value is -3.67. The smallest absolute Gasteiger partial charge is 0.306 e. The Bertz CT molecular complexity index is 1380. The van der Waals surface area contributed by atoms with Crippen molar-refractivity contribution in [2.75, 3.05) is 13.2 Å². The van der Waals surface area contributed by atoms with Gasteiger partial charge in [-0.05, 0) is 96.3 Å². The number of rotatable bonds is 51. The van der Waals surface area contributed by atoms with Gasteiger partial charge in [0, 0.05) is 19.3 Å². The zero-order valence-corrected chi connectivity index (χ0v) is 45.0. The van der Waals surface area contributed by atoms with Crippen LogP contribution in [0.5, 0.6) is 0 Å². The quantitative estimate of drug-likeness (QED) is 0.0262. The van der Waals surface area contributed by atoms with E-state index in [1.165, 1.54) is 96.3 Å². The third-order valence-electron chi connectivity index (χ3n) is 12.1. The molecule has 0 spiro atoms. The molecule has 0 N–H and O–H groups in total. The van der Waals surface area contributed by atoms with Crippen molar-refractivity contribution in [3.63, 3.8) is 0 Å². The SMILES string of the molecule is CC/C=C\C/C=C\C/C=C\C/C=C\C/C=C\CCCCCCCCCCCCCC(=O)OCC(COC(=O)CCCCCCCCCCC)OC(=O)CCCCCCC/C=C\C/C=C\C/C=C\CC. The lowest BCUT2D eigenvalue weighted by atomic mass is 10.0. The number of hydrogen-bond donors (Lipinski definition) is 0. The number of hydrogen-bond acceptors (Lipinski definition) is 6. The molecule has 0 aliphatic rings. The molecule has 0 aliphatic heterocycles. The van der Waals surface area contributed by atoms with Crippen LogP contribution in [-0.4, -0.2) is 37.2 Å². The van der Waals surface area contributed by atoms with E-state index in [0.717, 1.165) is 128 Å². The van der Waals surface area contributed by atoms with Gasteiger partial charge < -0.3 is 14.2 Å². The predicted octanol–water partition coefficient (Wildman–Crippen LogP) is 19.3. The van der Waals surface area contributed by atoms with Crippen molar-refractivity contribution in [3.05, 3.63) is 97.2 Å². The van der Waals surface area contributed by atoms with Crippen LogP contribution in [0.25, 0.3) is 0 Å². The highest BCUT2D eigenvalue weighted by molar-refractivity contribution is 5.71. The third-order valence-corrected chi connectivity index (χ3v) is 12.1. The Morgan fingerprint density at radius 1 is 0.304 bits per heavy atom. The summed E-state index contributed by atoms with van der Waals surface area (Å²) in [7, 11) is 0. The maximum Gasteiger partial charge on any atom is 0.306 e. The summed E-state index contributed by atoms with van der Waals surface area (Å²) in [5.41, 5.74) is 0.